The quantitative estimate of drug-likeness (QED) is 0.504. The number of nitrogens with one attached hydrogen (secondary N) is 1. The average molecular weight is 290 g/mol. The van der Waals surface area contributed by atoms with Gasteiger partial charge in [-0.2, -0.15) is 14.9 Å². The van der Waals surface area contributed by atoms with Gasteiger partial charge in [-0.1, -0.05) is 12.7 Å². The van der Waals surface area contributed by atoms with Crippen LogP contribution >= 0.6 is 12.2 Å². The maximum Gasteiger partial charge on any atom is 0.216 e. The number of nitrogens with zero attached hydrogens (tertiary/aromatic N) is 3. The van der Waals surface area contributed by atoms with E-state index in [2.05, 4.69) is 21.9 Å². The summed E-state index contributed by atoms with van der Waals surface area (Å²) >= 11 is 5.00. The fraction of sp³-hybridized carbons (Fsp3) is 0.154. The Morgan fingerprint density at radius 3 is 3.00 bits per heavy atom. The Morgan fingerprint density at radius 1 is 1.50 bits per heavy atom. The molecule has 0 amide bonds. The van der Waals surface area contributed by atoms with E-state index in [-0.39, 0.29) is 0 Å². The van der Waals surface area contributed by atoms with Crippen LogP contribution in [0.25, 0.3) is 0 Å². The lowest BCUT2D eigenvalue weighted by atomic mass is 10.2. The zero-order chi connectivity index (χ0) is 14.4. The molecule has 0 aliphatic rings. The third-order valence-corrected chi connectivity index (χ3v) is 2.69. The molecule has 104 valence electrons. The highest BCUT2D eigenvalue weighted by Gasteiger charge is 2.04. The summed E-state index contributed by atoms with van der Waals surface area (Å²) < 4.78 is 12.6. The monoisotopic (exact) mass is 290 g/mol. The van der Waals surface area contributed by atoms with Gasteiger partial charge >= 0.3 is 0 Å². The zero-order valence-electron chi connectivity index (χ0n) is 10.9. The summed E-state index contributed by atoms with van der Waals surface area (Å²) in [6, 6.07) is 5.51. The second-order valence-corrected chi connectivity index (χ2v) is 4.15. The van der Waals surface area contributed by atoms with Crippen LogP contribution in [0.5, 0.6) is 11.5 Å². The summed E-state index contributed by atoms with van der Waals surface area (Å²) in [5.74, 6) is 1.29. The van der Waals surface area contributed by atoms with E-state index >= 15 is 0 Å². The Bertz CT molecular complexity index is 675. The van der Waals surface area contributed by atoms with E-state index in [4.69, 9.17) is 21.7 Å². The number of aromatic amines is 1. The molecular weight excluding hydrogens is 276 g/mol. The topological polar surface area (TPSA) is 64.4 Å². The largest absolute Gasteiger partial charge is 0.493 e. The molecule has 1 aromatic carbocycles. The van der Waals surface area contributed by atoms with Crippen LogP contribution in [0, 0.1) is 4.77 Å². The van der Waals surface area contributed by atoms with Gasteiger partial charge in [0.25, 0.3) is 0 Å². The van der Waals surface area contributed by atoms with E-state index in [0.29, 0.717) is 22.9 Å². The predicted molar refractivity (Wildman–Crippen MR) is 79.1 cm³/mol. The molecule has 7 heteroatoms. The lowest BCUT2D eigenvalue weighted by molar-refractivity contribution is 0.326. The summed E-state index contributed by atoms with van der Waals surface area (Å²) in [5.41, 5.74) is 0.857. The second-order valence-electron chi connectivity index (χ2n) is 3.76. The molecule has 2 rings (SSSR count). The van der Waals surface area contributed by atoms with Crippen molar-refractivity contribution < 1.29 is 9.47 Å². The van der Waals surface area contributed by atoms with Crippen molar-refractivity contribution >= 4 is 18.4 Å². The maximum absolute atomic E-state index is 5.48. The van der Waals surface area contributed by atoms with Crippen LogP contribution in [0.15, 0.2) is 42.3 Å². The molecule has 1 heterocycles. The van der Waals surface area contributed by atoms with Gasteiger partial charge < -0.3 is 9.47 Å². The summed E-state index contributed by atoms with van der Waals surface area (Å²) in [6.45, 7) is 4.03. The highest BCUT2D eigenvalue weighted by Crippen LogP contribution is 2.27. The lowest BCUT2D eigenvalue weighted by Gasteiger charge is -2.09. The molecule has 1 aromatic heterocycles. The molecule has 2 aromatic rings. The number of methoxy groups -OCH3 is 1. The van der Waals surface area contributed by atoms with E-state index in [1.165, 1.54) is 11.0 Å². The van der Waals surface area contributed by atoms with Gasteiger partial charge in [0.2, 0.25) is 4.77 Å². The van der Waals surface area contributed by atoms with Crippen molar-refractivity contribution in [1.82, 2.24) is 14.9 Å². The molecule has 0 bridgehead atoms. The average Bonchev–Trinajstić information content (AvgIpc) is 2.88. The number of hydrogen-bond donors (Lipinski definition) is 1. The van der Waals surface area contributed by atoms with Gasteiger partial charge in [0.15, 0.2) is 11.5 Å². The molecule has 1 N–H and O–H groups in total. The molecule has 0 spiro atoms. The van der Waals surface area contributed by atoms with Gasteiger partial charge in [-0.25, -0.2) is 0 Å². The Balaban J connectivity index is 2.21. The molecule has 0 unspecified atom stereocenters. The molecule has 0 atom stereocenters. The van der Waals surface area contributed by atoms with Crippen molar-refractivity contribution in [3.63, 3.8) is 0 Å². The summed E-state index contributed by atoms with van der Waals surface area (Å²) in [4.78, 5) is 0. The minimum Gasteiger partial charge on any atom is -0.493 e. The maximum atomic E-state index is 5.48. The highest BCUT2D eigenvalue weighted by atomic mass is 32.1. The SMILES string of the molecule is C=CCOc1ccc(/C=N\n2cn[nH]c2=S)cc1OC. The molecule has 0 aliphatic carbocycles. The fourth-order valence-corrected chi connectivity index (χ4v) is 1.63. The predicted octanol–water partition coefficient (Wildman–Crippen LogP) is 2.40. The third kappa shape index (κ3) is 3.33. The molecule has 0 aliphatic heterocycles. The van der Waals surface area contributed by atoms with Crippen molar-refractivity contribution in [3.8, 4) is 11.5 Å². The summed E-state index contributed by atoms with van der Waals surface area (Å²) in [6.07, 6.45) is 4.83. The molecule has 0 radical (unpaired) electrons. The van der Waals surface area contributed by atoms with Crippen molar-refractivity contribution in [2.45, 2.75) is 0 Å². The first-order valence-electron chi connectivity index (χ1n) is 5.82. The number of rotatable bonds is 6. The standard InChI is InChI=1S/C13H14N4O2S/c1-3-6-19-11-5-4-10(7-12(11)18-2)8-15-17-9-14-16-13(17)20/h3-5,7-9H,1,6H2,2H3,(H,16,20)/b15-8-. The van der Waals surface area contributed by atoms with E-state index in [9.17, 15) is 0 Å². The van der Waals surface area contributed by atoms with Crippen LogP contribution in [-0.4, -0.2) is 34.8 Å². The number of benzene rings is 1. The zero-order valence-corrected chi connectivity index (χ0v) is 11.8. The van der Waals surface area contributed by atoms with Gasteiger partial charge in [0.1, 0.15) is 12.9 Å². The Kier molecular flexibility index (Phi) is 4.67. The molecule has 6 nitrogen and oxygen atoms in total. The summed E-state index contributed by atoms with van der Waals surface area (Å²) in [5, 5.41) is 10.6. The highest BCUT2D eigenvalue weighted by molar-refractivity contribution is 7.71. The van der Waals surface area contributed by atoms with Crippen LogP contribution in [0.4, 0.5) is 0 Å². The first-order chi connectivity index (χ1) is 9.74. The number of ether oxygens (including phenoxy) is 2. The van der Waals surface area contributed by atoms with Gasteiger partial charge in [0, 0.05) is 0 Å². The third-order valence-electron chi connectivity index (χ3n) is 2.41. The van der Waals surface area contributed by atoms with E-state index < -0.39 is 0 Å². The molecule has 0 saturated carbocycles. The molecule has 0 fully saturated rings. The van der Waals surface area contributed by atoms with Crippen LogP contribution in [0.2, 0.25) is 0 Å². The first-order valence-corrected chi connectivity index (χ1v) is 6.23. The minimum atomic E-state index is 0.425. The summed E-state index contributed by atoms with van der Waals surface area (Å²) in [7, 11) is 1.59. The van der Waals surface area contributed by atoms with E-state index in [0.717, 1.165) is 5.56 Å². The smallest absolute Gasteiger partial charge is 0.216 e. The van der Waals surface area contributed by atoms with E-state index in [1.807, 2.05) is 18.2 Å². The number of hydrogen-bond acceptors (Lipinski definition) is 5. The Labute approximate surface area is 121 Å². The first kappa shape index (κ1) is 14.0. The van der Waals surface area contributed by atoms with Crippen LogP contribution in [-0.2, 0) is 0 Å². The number of aromatic nitrogens is 3. The van der Waals surface area contributed by atoms with Gasteiger partial charge in [-0.05, 0) is 36.0 Å². The Morgan fingerprint density at radius 2 is 2.35 bits per heavy atom. The van der Waals surface area contributed by atoms with Crippen LogP contribution in [0.1, 0.15) is 5.56 Å². The molecule has 0 saturated heterocycles. The van der Waals surface area contributed by atoms with E-state index in [1.54, 1.807) is 19.4 Å². The van der Waals surface area contributed by atoms with Crippen molar-refractivity contribution in [3.05, 3.63) is 47.5 Å². The second kappa shape index (κ2) is 6.67. The van der Waals surface area contributed by atoms with Gasteiger partial charge in [0.05, 0.1) is 13.3 Å². The number of H-pyrrole nitrogens is 1. The van der Waals surface area contributed by atoms with Crippen molar-refractivity contribution in [2.24, 2.45) is 5.10 Å². The normalized spacial score (nSPS) is 10.7. The lowest BCUT2D eigenvalue weighted by Crippen LogP contribution is -1.97. The minimum absolute atomic E-state index is 0.425. The van der Waals surface area contributed by atoms with Gasteiger partial charge in [-0.3, -0.25) is 5.10 Å². The fourth-order valence-electron chi connectivity index (χ4n) is 1.49. The Hall–Kier alpha value is -2.41. The van der Waals surface area contributed by atoms with Crippen LogP contribution in [0.3, 0.4) is 0 Å². The van der Waals surface area contributed by atoms with Crippen molar-refractivity contribution in [1.29, 1.82) is 0 Å². The molecule has 20 heavy (non-hydrogen) atoms. The molecular formula is C13H14N4O2S. The van der Waals surface area contributed by atoms with Gasteiger partial charge in [-0.15, -0.1) is 0 Å². The van der Waals surface area contributed by atoms with Crippen molar-refractivity contribution in [2.75, 3.05) is 13.7 Å². The van der Waals surface area contributed by atoms with Crippen LogP contribution < -0.4 is 9.47 Å².